The maximum atomic E-state index is 5.08. The SMILES string of the molecule is CCCCSc1ncc(Br)c(OC)n1. The van der Waals surface area contributed by atoms with Crippen LogP contribution in [-0.2, 0) is 0 Å². The molecule has 0 amide bonds. The minimum absolute atomic E-state index is 0.596. The van der Waals surface area contributed by atoms with Gasteiger partial charge in [-0.2, -0.15) is 4.98 Å². The highest BCUT2D eigenvalue weighted by Gasteiger charge is 2.04. The third-order valence-electron chi connectivity index (χ3n) is 1.61. The number of methoxy groups -OCH3 is 1. The van der Waals surface area contributed by atoms with Crippen LogP contribution in [0.1, 0.15) is 19.8 Å². The minimum Gasteiger partial charge on any atom is -0.480 e. The molecule has 1 aromatic heterocycles. The Morgan fingerprint density at radius 2 is 2.36 bits per heavy atom. The average Bonchev–Trinajstić information content (AvgIpc) is 2.21. The predicted octanol–water partition coefficient (Wildman–Crippen LogP) is 3.14. The summed E-state index contributed by atoms with van der Waals surface area (Å²) in [6, 6.07) is 0. The van der Waals surface area contributed by atoms with Gasteiger partial charge in [0.25, 0.3) is 0 Å². The molecule has 0 N–H and O–H groups in total. The average molecular weight is 277 g/mol. The van der Waals surface area contributed by atoms with Crippen molar-refractivity contribution in [3.8, 4) is 5.88 Å². The van der Waals surface area contributed by atoms with Crippen molar-refractivity contribution in [2.24, 2.45) is 0 Å². The first-order valence-electron chi connectivity index (χ1n) is 4.47. The summed E-state index contributed by atoms with van der Waals surface area (Å²) in [5.41, 5.74) is 0. The van der Waals surface area contributed by atoms with Crippen molar-refractivity contribution < 1.29 is 4.74 Å². The summed E-state index contributed by atoms with van der Waals surface area (Å²) < 4.78 is 5.87. The third-order valence-corrected chi connectivity index (χ3v) is 3.10. The zero-order chi connectivity index (χ0) is 10.4. The van der Waals surface area contributed by atoms with Gasteiger partial charge in [-0.1, -0.05) is 25.1 Å². The Labute approximate surface area is 96.8 Å². The normalized spacial score (nSPS) is 10.2. The smallest absolute Gasteiger partial charge is 0.231 e. The summed E-state index contributed by atoms with van der Waals surface area (Å²) in [4.78, 5) is 8.43. The van der Waals surface area contributed by atoms with Gasteiger partial charge in [-0.05, 0) is 22.4 Å². The largest absolute Gasteiger partial charge is 0.480 e. The van der Waals surface area contributed by atoms with Crippen LogP contribution in [-0.4, -0.2) is 22.8 Å². The molecular formula is C9H13BrN2OS. The molecule has 0 aliphatic carbocycles. The van der Waals surface area contributed by atoms with Gasteiger partial charge in [0, 0.05) is 11.9 Å². The number of rotatable bonds is 5. The molecule has 1 rings (SSSR count). The second kappa shape index (κ2) is 6.24. The summed E-state index contributed by atoms with van der Waals surface area (Å²) in [5.74, 6) is 1.65. The summed E-state index contributed by atoms with van der Waals surface area (Å²) in [5, 5.41) is 0.776. The van der Waals surface area contributed by atoms with Gasteiger partial charge in [-0.3, -0.25) is 0 Å². The first kappa shape index (κ1) is 11.8. The second-order valence-electron chi connectivity index (χ2n) is 2.71. The molecule has 0 saturated carbocycles. The Morgan fingerprint density at radius 3 is 3.00 bits per heavy atom. The Hall–Kier alpha value is -0.290. The quantitative estimate of drug-likeness (QED) is 0.470. The van der Waals surface area contributed by atoms with Crippen LogP contribution in [0, 0.1) is 0 Å². The van der Waals surface area contributed by atoms with E-state index in [0.717, 1.165) is 15.4 Å². The van der Waals surface area contributed by atoms with Gasteiger partial charge in [-0.15, -0.1) is 0 Å². The van der Waals surface area contributed by atoms with Gasteiger partial charge in [0.15, 0.2) is 5.16 Å². The van der Waals surface area contributed by atoms with Gasteiger partial charge >= 0.3 is 0 Å². The lowest BCUT2D eigenvalue weighted by molar-refractivity contribution is 0.389. The molecule has 1 aromatic rings. The fourth-order valence-electron chi connectivity index (χ4n) is 0.857. The zero-order valence-electron chi connectivity index (χ0n) is 8.29. The van der Waals surface area contributed by atoms with E-state index < -0.39 is 0 Å². The highest BCUT2D eigenvalue weighted by molar-refractivity contribution is 9.10. The van der Waals surface area contributed by atoms with E-state index in [9.17, 15) is 0 Å². The van der Waals surface area contributed by atoms with Gasteiger partial charge in [0.2, 0.25) is 5.88 Å². The minimum atomic E-state index is 0.596. The summed E-state index contributed by atoms with van der Waals surface area (Å²) >= 11 is 4.97. The standard InChI is InChI=1S/C9H13BrN2OS/c1-3-4-5-14-9-11-6-7(10)8(12-9)13-2/h6H,3-5H2,1-2H3. The molecule has 1 heterocycles. The first-order valence-corrected chi connectivity index (χ1v) is 6.25. The van der Waals surface area contributed by atoms with Crippen LogP contribution in [0.4, 0.5) is 0 Å². The van der Waals surface area contributed by atoms with Crippen LogP contribution in [0.2, 0.25) is 0 Å². The monoisotopic (exact) mass is 276 g/mol. The third kappa shape index (κ3) is 3.46. The van der Waals surface area contributed by atoms with Crippen LogP contribution in [0.5, 0.6) is 5.88 Å². The molecule has 0 spiro atoms. The van der Waals surface area contributed by atoms with E-state index in [0.29, 0.717) is 5.88 Å². The molecular weight excluding hydrogens is 264 g/mol. The summed E-state index contributed by atoms with van der Waals surface area (Å²) in [6.45, 7) is 2.17. The van der Waals surface area contributed by atoms with Crippen molar-refractivity contribution in [3.63, 3.8) is 0 Å². The first-order chi connectivity index (χ1) is 6.77. The Kier molecular flexibility index (Phi) is 5.25. The van der Waals surface area contributed by atoms with Crippen molar-refractivity contribution in [3.05, 3.63) is 10.7 Å². The maximum absolute atomic E-state index is 5.08. The van der Waals surface area contributed by atoms with Crippen LogP contribution < -0.4 is 4.74 Å². The van der Waals surface area contributed by atoms with Gasteiger partial charge < -0.3 is 4.74 Å². The molecule has 3 nitrogen and oxygen atoms in total. The lowest BCUT2D eigenvalue weighted by Gasteiger charge is -2.03. The highest BCUT2D eigenvalue weighted by Crippen LogP contribution is 2.24. The molecule has 5 heteroatoms. The van der Waals surface area contributed by atoms with Crippen LogP contribution >= 0.6 is 27.7 Å². The summed E-state index contributed by atoms with van der Waals surface area (Å²) in [7, 11) is 1.60. The van der Waals surface area contributed by atoms with Gasteiger partial charge in [0.1, 0.15) is 0 Å². The van der Waals surface area contributed by atoms with Crippen molar-refractivity contribution in [2.45, 2.75) is 24.9 Å². The Morgan fingerprint density at radius 1 is 1.57 bits per heavy atom. The number of hydrogen-bond donors (Lipinski definition) is 0. The highest BCUT2D eigenvalue weighted by atomic mass is 79.9. The molecule has 14 heavy (non-hydrogen) atoms. The van der Waals surface area contributed by atoms with Gasteiger partial charge in [0.05, 0.1) is 11.6 Å². The molecule has 0 atom stereocenters. The molecule has 0 aliphatic heterocycles. The topological polar surface area (TPSA) is 35.0 Å². The number of thioether (sulfide) groups is 1. The zero-order valence-corrected chi connectivity index (χ0v) is 10.7. The van der Waals surface area contributed by atoms with Crippen LogP contribution in [0.3, 0.4) is 0 Å². The lowest BCUT2D eigenvalue weighted by Crippen LogP contribution is -1.93. The predicted molar refractivity (Wildman–Crippen MR) is 61.9 cm³/mol. The molecule has 0 fully saturated rings. The van der Waals surface area contributed by atoms with Gasteiger partial charge in [-0.25, -0.2) is 4.98 Å². The Bertz CT molecular complexity index is 296. The number of halogens is 1. The fraction of sp³-hybridized carbons (Fsp3) is 0.556. The van der Waals surface area contributed by atoms with E-state index in [-0.39, 0.29) is 0 Å². The van der Waals surface area contributed by atoms with Crippen LogP contribution in [0.25, 0.3) is 0 Å². The van der Waals surface area contributed by atoms with Crippen molar-refractivity contribution in [2.75, 3.05) is 12.9 Å². The van der Waals surface area contributed by atoms with E-state index in [1.807, 2.05) is 0 Å². The molecule has 0 unspecified atom stereocenters. The number of nitrogens with zero attached hydrogens (tertiary/aromatic N) is 2. The fourth-order valence-corrected chi connectivity index (χ4v) is 2.10. The maximum Gasteiger partial charge on any atom is 0.231 e. The molecule has 0 bridgehead atoms. The number of aromatic nitrogens is 2. The van der Waals surface area contributed by atoms with E-state index in [1.54, 1.807) is 25.1 Å². The number of hydrogen-bond acceptors (Lipinski definition) is 4. The summed E-state index contributed by atoms with van der Waals surface area (Å²) in [6.07, 6.45) is 4.10. The molecule has 0 radical (unpaired) electrons. The van der Waals surface area contributed by atoms with E-state index in [1.165, 1.54) is 12.8 Å². The Balaban J connectivity index is 2.60. The number of unbranched alkanes of at least 4 members (excludes halogenated alkanes) is 1. The molecule has 78 valence electrons. The van der Waals surface area contributed by atoms with E-state index >= 15 is 0 Å². The van der Waals surface area contributed by atoms with Crippen LogP contribution in [0.15, 0.2) is 15.8 Å². The molecule has 0 aromatic carbocycles. The van der Waals surface area contributed by atoms with E-state index in [2.05, 4.69) is 32.8 Å². The molecule has 0 aliphatic rings. The molecule has 0 saturated heterocycles. The van der Waals surface area contributed by atoms with E-state index in [4.69, 9.17) is 4.74 Å². The van der Waals surface area contributed by atoms with Crippen molar-refractivity contribution in [1.29, 1.82) is 0 Å². The lowest BCUT2D eigenvalue weighted by atomic mass is 10.4. The number of ether oxygens (including phenoxy) is 1. The van der Waals surface area contributed by atoms with Crippen molar-refractivity contribution >= 4 is 27.7 Å². The van der Waals surface area contributed by atoms with Crippen molar-refractivity contribution in [1.82, 2.24) is 9.97 Å². The second-order valence-corrected chi connectivity index (χ2v) is 4.63.